The van der Waals surface area contributed by atoms with Gasteiger partial charge in [-0.05, 0) is 48.6 Å². The Morgan fingerprint density at radius 3 is 2.89 bits per heavy atom. The number of nitrogens with one attached hydrogen (secondary N) is 3. The van der Waals surface area contributed by atoms with Crippen molar-refractivity contribution >= 4 is 22.4 Å². The van der Waals surface area contributed by atoms with E-state index in [-0.39, 0.29) is 35.0 Å². The number of amides is 1. The van der Waals surface area contributed by atoms with Gasteiger partial charge in [-0.15, -0.1) is 11.3 Å². The molecule has 0 unspecified atom stereocenters. The van der Waals surface area contributed by atoms with Crippen LogP contribution >= 0.6 is 11.3 Å². The predicted molar refractivity (Wildman–Crippen MR) is 150 cm³/mol. The molecule has 2 aromatic heterocycles. The van der Waals surface area contributed by atoms with Crippen LogP contribution in [-0.2, 0) is 22.4 Å². The Kier molecular flexibility index (Phi) is 8.67. The topological polar surface area (TPSA) is 101 Å². The third-order valence-electron chi connectivity index (χ3n) is 9.34. The fourth-order valence-electron chi connectivity index (χ4n) is 7.09. The molecule has 4 N–H and O–H groups in total. The van der Waals surface area contributed by atoms with Crippen LogP contribution in [0.4, 0.5) is 5.13 Å². The van der Waals surface area contributed by atoms with Gasteiger partial charge in [-0.3, -0.25) is 9.78 Å². The molecule has 0 radical (unpaired) electrons. The summed E-state index contributed by atoms with van der Waals surface area (Å²) in [4.78, 5) is 25.3. The molecule has 0 bridgehead atoms. The molecule has 5 rings (SSSR count). The van der Waals surface area contributed by atoms with Gasteiger partial charge in [0.1, 0.15) is 13.1 Å². The van der Waals surface area contributed by atoms with Crippen LogP contribution in [0.2, 0.25) is 0 Å². The Morgan fingerprint density at radius 1 is 1.32 bits per heavy atom. The zero-order valence-electron chi connectivity index (χ0n) is 23.0. The number of morpholine rings is 1. The highest BCUT2D eigenvalue weighted by atomic mass is 32.1. The van der Waals surface area contributed by atoms with Crippen molar-refractivity contribution in [2.75, 3.05) is 51.3 Å². The van der Waals surface area contributed by atoms with Crippen LogP contribution < -0.4 is 15.5 Å². The van der Waals surface area contributed by atoms with Gasteiger partial charge in [0.2, 0.25) is 5.91 Å². The largest absolute Gasteiger partial charge is 0.392 e. The van der Waals surface area contributed by atoms with Crippen LogP contribution in [-0.4, -0.2) is 73.0 Å². The first-order valence-corrected chi connectivity index (χ1v) is 15.2. The summed E-state index contributed by atoms with van der Waals surface area (Å²) in [6.07, 6.45) is 5.03. The summed E-state index contributed by atoms with van der Waals surface area (Å²) in [6.45, 7) is 12.6. The molecule has 9 heteroatoms. The minimum absolute atomic E-state index is 0.0238. The number of hydrogen-bond donors (Lipinski definition) is 4. The summed E-state index contributed by atoms with van der Waals surface area (Å²) < 4.78 is 5.43. The Morgan fingerprint density at radius 2 is 2.13 bits per heavy atom. The predicted octanol–water partition coefficient (Wildman–Crippen LogP) is 1.91. The standard InChI is InChI=1S/C29H43N5O3S/c1-19(27(36)31-12-13-34-14-16-37-17-15-34)22-7-9-29(3)18-23-25(20(2)24(29)26(22)35)33-28(38-23)32-11-8-21-6-4-5-10-30-21/h4-6,10,19-20,22,24,26,35H,7-9,11-18H2,1-3H3,(H,31,36)(H,32,33)/p+1/t19-,20-,22-,24+,26-,29-/m0/s1. The van der Waals surface area contributed by atoms with E-state index in [0.717, 1.165) is 81.6 Å². The first-order valence-electron chi connectivity index (χ1n) is 14.4. The first-order chi connectivity index (χ1) is 18.4. The Labute approximate surface area is 230 Å². The van der Waals surface area contributed by atoms with Crippen molar-refractivity contribution in [2.45, 2.75) is 58.5 Å². The number of pyridine rings is 1. The van der Waals surface area contributed by atoms with E-state index in [9.17, 15) is 9.90 Å². The summed E-state index contributed by atoms with van der Waals surface area (Å²) in [5, 5.41) is 19.3. The molecular formula is C29H44N5O3S+. The number of quaternary nitrogens is 1. The lowest BCUT2D eigenvalue weighted by Gasteiger charge is -2.53. The highest BCUT2D eigenvalue weighted by molar-refractivity contribution is 7.15. The number of carbonyl (C=O) groups is 1. The van der Waals surface area contributed by atoms with E-state index in [0.29, 0.717) is 6.54 Å². The number of aliphatic hydroxyl groups is 1. The lowest BCUT2D eigenvalue weighted by atomic mass is 9.53. The molecule has 1 aliphatic heterocycles. The molecule has 0 aromatic carbocycles. The summed E-state index contributed by atoms with van der Waals surface area (Å²) in [5.74, 6) is 0.0987. The second-order valence-corrected chi connectivity index (χ2v) is 12.9. The molecule has 6 atom stereocenters. The average Bonchev–Trinajstić information content (AvgIpc) is 3.32. The van der Waals surface area contributed by atoms with Crippen molar-refractivity contribution in [3.63, 3.8) is 0 Å². The maximum atomic E-state index is 13.1. The quantitative estimate of drug-likeness (QED) is 0.386. The van der Waals surface area contributed by atoms with Crippen LogP contribution in [0.25, 0.3) is 0 Å². The Bertz CT molecular complexity index is 1080. The second-order valence-electron chi connectivity index (χ2n) is 11.9. The van der Waals surface area contributed by atoms with Gasteiger partial charge in [-0.2, -0.15) is 0 Å². The molecule has 3 heterocycles. The molecule has 2 aliphatic carbocycles. The van der Waals surface area contributed by atoms with Crippen molar-refractivity contribution in [1.29, 1.82) is 0 Å². The van der Waals surface area contributed by atoms with E-state index in [1.165, 1.54) is 9.78 Å². The van der Waals surface area contributed by atoms with Crippen LogP contribution in [0.1, 0.15) is 55.8 Å². The van der Waals surface area contributed by atoms with Crippen molar-refractivity contribution in [3.8, 4) is 0 Å². The molecule has 1 saturated heterocycles. The van der Waals surface area contributed by atoms with Gasteiger partial charge in [-0.1, -0.05) is 26.8 Å². The van der Waals surface area contributed by atoms with Crippen LogP contribution in [0, 0.1) is 23.2 Å². The summed E-state index contributed by atoms with van der Waals surface area (Å²) in [6, 6.07) is 6.00. The molecule has 2 aromatic rings. The summed E-state index contributed by atoms with van der Waals surface area (Å²) >= 11 is 1.76. The number of hydrogen-bond acceptors (Lipinski definition) is 7. The van der Waals surface area contributed by atoms with Crippen molar-refractivity contribution < 1.29 is 19.5 Å². The second kappa shape index (κ2) is 12.0. The minimum Gasteiger partial charge on any atom is -0.392 e. The van der Waals surface area contributed by atoms with E-state index < -0.39 is 6.10 Å². The van der Waals surface area contributed by atoms with E-state index in [4.69, 9.17) is 9.72 Å². The molecule has 2 fully saturated rings. The molecule has 3 aliphatic rings. The van der Waals surface area contributed by atoms with Gasteiger partial charge in [-0.25, -0.2) is 4.98 Å². The van der Waals surface area contributed by atoms with Crippen molar-refractivity contribution in [1.82, 2.24) is 15.3 Å². The average molecular weight is 543 g/mol. The SMILES string of the molecule is C[C@H](C(=O)NCC[NH+]1CCOCC1)[C@@H]1CC[C@@]2(C)Cc3sc(NCCc4ccccn4)nc3[C@@H](C)[C@@H]2[C@H]1O. The van der Waals surface area contributed by atoms with Gasteiger partial charge in [0, 0.05) is 41.6 Å². The summed E-state index contributed by atoms with van der Waals surface area (Å²) in [7, 11) is 0. The fourth-order valence-corrected chi connectivity index (χ4v) is 8.38. The van der Waals surface area contributed by atoms with E-state index in [2.05, 4.69) is 29.5 Å². The van der Waals surface area contributed by atoms with E-state index in [1.807, 2.05) is 31.3 Å². The number of fused-ring (bicyclic) bond motifs is 2. The van der Waals surface area contributed by atoms with Gasteiger partial charge in [0.15, 0.2) is 5.13 Å². The van der Waals surface area contributed by atoms with Gasteiger partial charge in [0.25, 0.3) is 0 Å². The monoisotopic (exact) mass is 542 g/mol. The highest BCUT2D eigenvalue weighted by Gasteiger charge is 2.53. The third kappa shape index (κ3) is 5.91. The normalized spacial score (nSPS) is 30.2. The number of rotatable bonds is 9. The Hall–Kier alpha value is -2.07. The van der Waals surface area contributed by atoms with Crippen LogP contribution in [0.5, 0.6) is 0 Å². The van der Waals surface area contributed by atoms with Gasteiger partial charge < -0.3 is 25.4 Å². The summed E-state index contributed by atoms with van der Waals surface area (Å²) in [5.41, 5.74) is 2.22. The van der Waals surface area contributed by atoms with E-state index >= 15 is 0 Å². The number of ether oxygens (including phenoxy) is 1. The number of aromatic nitrogens is 2. The highest BCUT2D eigenvalue weighted by Crippen LogP contribution is 2.57. The molecule has 1 saturated carbocycles. The van der Waals surface area contributed by atoms with Crippen molar-refractivity contribution in [3.05, 3.63) is 40.7 Å². The minimum atomic E-state index is -0.509. The number of thiazole rings is 1. The van der Waals surface area contributed by atoms with Gasteiger partial charge >= 0.3 is 0 Å². The molecule has 1 amide bonds. The molecule has 8 nitrogen and oxygen atoms in total. The fraction of sp³-hybridized carbons (Fsp3) is 0.690. The lowest BCUT2D eigenvalue weighted by Crippen LogP contribution is -3.14. The first kappa shape index (κ1) is 27.5. The van der Waals surface area contributed by atoms with Crippen LogP contribution in [0.3, 0.4) is 0 Å². The number of anilines is 1. The van der Waals surface area contributed by atoms with Crippen LogP contribution in [0.15, 0.2) is 24.4 Å². The van der Waals surface area contributed by atoms with E-state index in [1.54, 1.807) is 11.3 Å². The molecule has 0 spiro atoms. The lowest BCUT2D eigenvalue weighted by molar-refractivity contribution is -0.906. The maximum absolute atomic E-state index is 13.1. The number of nitrogens with zero attached hydrogens (tertiary/aromatic N) is 2. The zero-order valence-corrected chi connectivity index (χ0v) is 23.9. The van der Waals surface area contributed by atoms with Gasteiger partial charge in [0.05, 0.1) is 38.1 Å². The third-order valence-corrected chi connectivity index (χ3v) is 10.4. The zero-order chi connectivity index (χ0) is 26.7. The Balaban J connectivity index is 1.19. The smallest absolute Gasteiger partial charge is 0.223 e. The number of aliphatic hydroxyl groups excluding tert-OH is 1. The molecule has 208 valence electrons. The molecular weight excluding hydrogens is 498 g/mol. The van der Waals surface area contributed by atoms with Crippen molar-refractivity contribution in [2.24, 2.45) is 23.2 Å². The molecule has 38 heavy (non-hydrogen) atoms. The number of carbonyl (C=O) groups excluding carboxylic acids is 1. The maximum Gasteiger partial charge on any atom is 0.223 e.